The van der Waals surface area contributed by atoms with E-state index in [2.05, 4.69) is 25.9 Å². The Hall–Kier alpha value is -1.81. The van der Waals surface area contributed by atoms with Crippen LogP contribution in [-0.4, -0.2) is 22.0 Å². The summed E-state index contributed by atoms with van der Waals surface area (Å²) in [5, 5.41) is 14.1. The Morgan fingerprint density at radius 2 is 2.05 bits per heavy atom. The maximum Gasteiger partial charge on any atom is 0.119 e. The molecule has 0 aliphatic rings. The number of aliphatic hydroxyl groups is 1. The quantitative estimate of drug-likeness (QED) is 0.923. The molecule has 0 radical (unpaired) electrons. The maximum absolute atomic E-state index is 9.50. The van der Waals surface area contributed by atoms with Crippen LogP contribution in [0.15, 0.2) is 30.5 Å². The highest BCUT2D eigenvalue weighted by Crippen LogP contribution is 2.27. The van der Waals surface area contributed by atoms with Gasteiger partial charge in [-0.3, -0.25) is 4.68 Å². The summed E-state index contributed by atoms with van der Waals surface area (Å²) >= 11 is 0. The van der Waals surface area contributed by atoms with Crippen LogP contribution in [0.4, 0.5) is 0 Å². The number of aliphatic hydroxyl groups excluding tert-OH is 1. The number of aromatic nitrogens is 2. The van der Waals surface area contributed by atoms with Crippen LogP contribution in [0.25, 0.3) is 11.3 Å². The zero-order valence-corrected chi connectivity index (χ0v) is 11.8. The summed E-state index contributed by atoms with van der Waals surface area (Å²) in [5.74, 6) is 0.784. The molecule has 1 aromatic heterocycles. The summed E-state index contributed by atoms with van der Waals surface area (Å²) in [5.41, 5.74) is 2.46. The first-order chi connectivity index (χ1) is 8.95. The SMILES string of the molecule is COc1cccc(-c2nn(C(C)(C)C)cc2CO)c1. The molecule has 102 valence electrons. The zero-order valence-electron chi connectivity index (χ0n) is 11.8. The number of methoxy groups -OCH3 is 1. The molecule has 4 heteroatoms. The van der Waals surface area contributed by atoms with Crippen molar-refractivity contribution in [1.82, 2.24) is 9.78 Å². The first-order valence-electron chi connectivity index (χ1n) is 6.30. The van der Waals surface area contributed by atoms with E-state index in [1.165, 1.54) is 0 Å². The van der Waals surface area contributed by atoms with Crippen molar-refractivity contribution in [2.75, 3.05) is 7.11 Å². The largest absolute Gasteiger partial charge is 0.497 e. The van der Waals surface area contributed by atoms with E-state index < -0.39 is 0 Å². The van der Waals surface area contributed by atoms with Crippen LogP contribution < -0.4 is 4.74 Å². The van der Waals surface area contributed by atoms with Gasteiger partial charge in [0.25, 0.3) is 0 Å². The van der Waals surface area contributed by atoms with Crippen LogP contribution in [0, 0.1) is 0 Å². The minimum atomic E-state index is -0.110. The Morgan fingerprint density at radius 3 is 2.63 bits per heavy atom. The first kappa shape index (κ1) is 13.6. The van der Waals surface area contributed by atoms with E-state index in [1.807, 2.05) is 35.1 Å². The van der Waals surface area contributed by atoms with Gasteiger partial charge >= 0.3 is 0 Å². The Balaban J connectivity index is 2.51. The highest BCUT2D eigenvalue weighted by atomic mass is 16.5. The fourth-order valence-electron chi connectivity index (χ4n) is 1.88. The molecule has 0 unspecified atom stereocenters. The molecule has 0 aliphatic carbocycles. The lowest BCUT2D eigenvalue weighted by Crippen LogP contribution is -2.22. The second-order valence-electron chi connectivity index (χ2n) is 5.51. The molecule has 0 aliphatic heterocycles. The molecule has 2 rings (SSSR count). The Morgan fingerprint density at radius 1 is 1.32 bits per heavy atom. The summed E-state index contributed by atoms with van der Waals surface area (Å²) in [6.45, 7) is 6.21. The van der Waals surface area contributed by atoms with Crippen molar-refractivity contribution in [2.45, 2.75) is 32.9 Å². The maximum atomic E-state index is 9.50. The van der Waals surface area contributed by atoms with Gasteiger partial charge in [-0.05, 0) is 32.9 Å². The molecule has 2 aromatic rings. The predicted molar refractivity (Wildman–Crippen MR) is 75.1 cm³/mol. The van der Waals surface area contributed by atoms with Gasteiger partial charge in [0, 0.05) is 17.3 Å². The van der Waals surface area contributed by atoms with Gasteiger partial charge in [0.2, 0.25) is 0 Å². The summed E-state index contributed by atoms with van der Waals surface area (Å²) in [6.07, 6.45) is 1.90. The zero-order chi connectivity index (χ0) is 14.0. The van der Waals surface area contributed by atoms with Gasteiger partial charge < -0.3 is 9.84 Å². The standard InChI is InChI=1S/C15H20N2O2/c1-15(2,3)17-9-12(10-18)14(16-17)11-6-5-7-13(8-11)19-4/h5-9,18H,10H2,1-4H3. The van der Waals surface area contributed by atoms with E-state index in [0.717, 1.165) is 22.6 Å². The fourth-order valence-corrected chi connectivity index (χ4v) is 1.88. The molecule has 0 bridgehead atoms. The lowest BCUT2D eigenvalue weighted by Gasteiger charge is -2.18. The molecule has 19 heavy (non-hydrogen) atoms. The van der Waals surface area contributed by atoms with E-state index in [1.54, 1.807) is 7.11 Å². The van der Waals surface area contributed by atoms with E-state index in [9.17, 15) is 5.11 Å². The summed E-state index contributed by atoms with van der Waals surface area (Å²) in [6, 6.07) is 7.71. The average molecular weight is 260 g/mol. The Kier molecular flexibility index (Phi) is 3.62. The molecule has 0 spiro atoms. The lowest BCUT2D eigenvalue weighted by molar-refractivity contribution is 0.281. The molecular formula is C15H20N2O2. The average Bonchev–Trinajstić information content (AvgIpc) is 2.83. The molecular weight excluding hydrogens is 240 g/mol. The van der Waals surface area contributed by atoms with Crippen LogP contribution in [0.3, 0.4) is 0 Å². The van der Waals surface area contributed by atoms with E-state index in [0.29, 0.717) is 0 Å². The third-order valence-corrected chi connectivity index (χ3v) is 2.99. The van der Waals surface area contributed by atoms with Gasteiger partial charge in [0.05, 0.1) is 24.9 Å². The molecule has 0 saturated heterocycles. The molecule has 1 aromatic carbocycles. The van der Waals surface area contributed by atoms with Crippen molar-refractivity contribution in [3.63, 3.8) is 0 Å². The summed E-state index contributed by atoms with van der Waals surface area (Å²) < 4.78 is 7.11. The molecule has 4 nitrogen and oxygen atoms in total. The molecule has 1 N–H and O–H groups in total. The van der Waals surface area contributed by atoms with Crippen LogP contribution in [0.1, 0.15) is 26.3 Å². The minimum absolute atomic E-state index is 0.0252. The molecule has 0 amide bonds. The first-order valence-corrected chi connectivity index (χ1v) is 6.30. The fraction of sp³-hybridized carbons (Fsp3) is 0.400. The summed E-state index contributed by atoms with van der Waals surface area (Å²) in [4.78, 5) is 0. The number of hydrogen-bond donors (Lipinski definition) is 1. The van der Waals surface area contributed by atoms with Gasteiger partial charge in [-0.25, -0.2) is 0 Å². The monoisotopic (exact) mass is 260 g/mol. The Bertz CT molecular complexity index is 568. The van der Waals surface area contributed by atoms with E-state index in [-0.39, 0.29) is 12.1 Å². The van der Waals surface area contributed by atoms with Gasteiger partial charge in [0.15, 0.2) is 0 Å². The Labute approximate surface area is 113 Å². The van der Waals surface area contributed by atoms with Crippen LogP contribution in [-0.2, 0) is 12.1 Å². The van der Waals surface area contributed by atoms with E-state index >= 15 is 0 Å². The highest BCUT2D eigenvalue weighted by molar-refractivity contribution is 5.64. The summed E-state index contributed by atoms with van der Waals surface area (Å²) in [7, 11) is 1.64. The number of ether oxygens (including phenoxy) is 1. The van der Waals surface area contributed by atoms with Crippen molar-refractivity contribution in [3.05, 3.63) is 36.0 Å². The van der Waals surface area contributed by atoms with Gasteiger partial charge in [0.1, 0.15) is 5.75 Å². The number of hydrogen-bond acceptors (Lipinski definition) is 3. The van der Waals surface area contributed by atoms with Gasteiger partial charge in [-0.2, -0.15) is 5.10 Å². The van der Waals surface area contributed by atoms with Crippen molar-refractivity contribution < 1.29 is 9.84 Å². The van der Waals surface area contributed by atoms with Crippen molar-refractivity contribution >= 4 is 0 Å². The van der Waals surface area contributed by atoms with Crippen LogP contribution in [0.2, 0.25) is 0 Å². The minimum Gasteiger partial charge on any atom is -0.497 e. The van der Waals surface area contributed by atoms with Crippen molar-refractivity contribution in [2.24, 2.45) is 0 Å². The second kappa shape index (κ2) is 5.05. The highest BCUT2D eigenvalue weighted by Gasteiger charge is 2.18. The molecule has 0 atom stereocenters. The van der Waals surface area contributed by atoms with Crippen molar-refractivity contribution in [1.29, 1.82) is 0 Å². The van der Waals surface area contributed by atoms with Crippen LogP contribution in [0.5, 0.6) is 5.75 Å². The van der Waals surface area contributed by atoms with Crippen LogP contribution >= 0.6 is 0 Å². The van der Waals surface area contributed by atoms with E-state index in [4.69, 9.17) is 4.74 Å². The van der Waals surface area contributed by atoms with Crippen molar-refractivity contribution in [3.8, 4) is 17.0 Å². The van der Waals surface area contributed by atoms with Gasteiger partial charge in [-0.1, -0.05) is 12.1 Å². The third-order valence-electron chi connectivity index (χ3n) is 2.99. The lowest BCUT2D eigenvalue weighted by atomic mass is 10.1. The number of rotatable bonds is 3. The van der Waals surface area contributed by atoms with Gasteiger partial charge in [-0.15, -0.1) is 0 Å². The second-order valence-corrected chi connectivity index (χ2v) is 5.51. The topological polar surface area (TPSA) is 47.3 Å². The molecule has 0 fully saturated rings. The number of benzene rings is 1. The molecule has 0 saturated carbocycles. The smallest absolute Gasteiger partial charge is 0.119 e. The normalized spacial score (nSPS) is 11.6. The molecule has 1 heterocycles. The third kappa shape index (κ3) is 2.79. The number of nitrogens with zero attached hydrogens (tertiary/aromatic N) is 2. The predicted octanol–water partition coefficient (Wildman–Crippen LogP) is 2.81.